The van der Waals surface area contributed by atoms with Crippen molar-refractivity contribution in [2.75, 3.05) is 11.1 Å². The Labute approximate surface area is 182 Å². The van der Waals surface area contributed by atoms with Crippen molar-refractivity contribution in [3.8, 4) is 11.3 Å². The second-order valence-corrected chi connectivity index (χ2v) is 9.12. The first kappa shape index (κ1) is 19.3. The van der Waals surface area contributed by atoms with Gasteiger partial charge in [0.25, 0.3) is 5.91 Å². The van der Waals surface area contributed by atoms with Crippen LogP contribution in [-0.2, 0) is 5.54 Å². The van der Waals surface area contributed by atoms with Gasteiger partial charge >= 0.3 is 0 Å². The number of anilines is 2. The molecule has 0 unspecified atom stereocenters. The number of thiophene rings is 1. The molecule has 8 nitrogen and oxygen atoms in total. The Morgan fingerprint density at radius 2 is 2.03 bits per heavy atom. The lowest BCUT2D eigenvalue weighted by Gasteiger charge is -2.19. The summed E-state index contributed by atoms with van der Waals surface area (Å²) < 4.78 is 1.87. The number of amides is 1. The molecule has 156 valence electrons. The summed E-state index contributed by atoms with van der Waals surface area (Å²) in [6.45, 7) is 6.19. The minimum atomic E-state index is -0.277. The van der Waals surface area contributed by atoms with Crippen LogP contribution in [0, 0.1) is 0 Å². The average Bonchev–Trinajstić information content (AvgIpc) is 3.45. The first-order chi connectivity index (χ1) is 14.8. The van der Waals surface area contributed by atoms with Crippen molar-refractivity contribution >= 4 is 50.7 Å². The van der Waals surface area contributed by atoms with Gasteiger partial charge in [0.1, 0.15) is 23.5 Å². The van der Waals surface area contributed by atoms with E-state index < -0.39 is 0 Å². The van der Waals surface area contributed by atoms with Crippen molar-refractivity contribution in [1.29, 1.82) is 0 Å². The van der Waals surface area contributed by atoms with Gasteiger partial charge < -0.3 is 16.0 Å². The first-order valence-electron chi connectivity index (χ1n) is 9.77. The number of benzene rings is 1. The highest BCUT2D eigenvalue weighted by Crippen LogP contribution is 2.34. The number of fused-ring (bicyclic) bond motifs is 2. The second-order valence-electron chi connectivity index (χ2n) is 8.34. The van der Waals surface area contributed by atoms with E-state index in [-0.39, 0.29) is 11.4 Å². The summed E-state index contributed by atoms with van der Waals surface area (Å²) >= 11 is 1.53. The molecule has 4 aromatic heterocycles. The number of carbonyl (C=O) groups excluding carboxylic acids is 1. The molecule has 0 aliphatic rings. The van der Waals surface area contributed by atoms with E-state index in [2.05, 4.69) is 41.0 Å². The lowest BCUT2D eigenvalue weighted by atomic mass is 10.1. The Bertz CT molecular complexity index is 1420. The summed E-state index contributed by atoms with van der Waals surface area (Å²) in [5, 5.41) is 13.2. The van der Waals surface area contributed by atoms with Crippen LogP contribution in [0.2, 0.25) is 0 Å². The predicted octanol–water partition coefficient (Wildman–Crippen LogP) is 4.63. The van der Waals surface area contributed by atoms with Crippen LogP contribution in [-0.4, -0.2) is 30.6 Å². The highest BCUT2D eigenvalue weighted by atomic mass is 32.1. The van der Waals surface area contributed by atoms with Gasteiger partial charge in [-0.15, -0.1) is 0 Å². The molecule has 0 saturated carbocycles. The fourth-order valence-electron chi connectivity index (χ4n) is 3.58. The van der Waals surface area contributed by atoms with E-state index in [0.29, 0.717) is 22.9 Å². The maximum Gasteiger partial charge on any atom is 0.272 e. The lowest BCUT2D eigenvalue weighted by Crippen LogP contribution is -2.23. The van der Waals surface area contributed by atoms with E-state index >= 15 is 0 Å². The first-order valence-corrected chi connectivity index (χ1v) is 10.7. The van der Waals surface area contributed by atoms with E-state index in [4.69, 9.17) is 10.8 Å². The Hall–Kier alpha value is -3.72. The molecule has 0 aliphatic carbocycles. The van der Waals surface area contributed by atoms with Crippen LogP contribution < -0.4 is 11.1 Å². The highest BCUT2D eigenvalue weighted by molar-refractivity contribution is 7.08. The molecule has 5 aromatic rings. The molecule has 0 atom stereocenters. The average molecular weight is 432 g/mol. The molecule has 1 aromatic carbocycles. The second kappa shape index (κ2) is 6.92. The number of carbonyl (C=O) groups is 1. The number of nitrogens with zero attached hydrogens (tertiary/aromatic N) is 4. The zero-order chi connectivity index (χ0) is 21.8. The molecule has 31 heavy (non-hydrogen) atoms. The van der Waals surface area contributed by atoms with Crippen LogP contribution in [0.1, 0.15) is 31.3 Å². The van der Waals surface area contributed by atoms with Crippen LogP contribution in [0.5, 0.6) is 0 Å². The third kappa shape index (κ3) is 3.32. The number of aromatic nitrogens is 5. The Morgan fingerprint density at radius 1 is 1.19 bits per heavy atom. The predicted molar refractivity (Wildman–Crippen MR) is 124 cm³/mol. The van der Waals surface area contributed by atoms with Gasteiger partial charge in [0.2, 0.25) is 0 Å². The minimum absolute atomic E-state index is 0.184. The van der Waals surface area contributed by atoms with E-state index in [0.717, 1.165) is 27.5 Å². The summed E-state index contributed by atoms with van der Waals surface area (Å²) in [5.41, 5.74) is 10.3. The van der Waals surface area contributed by atoms with Crippen molar-refractivity contribution in [3.63, 3.8) is 0 Å². The maximum atomic E-state index is 12.6. The van der Waals surface area contributed by atoms with Gasteiger partial charge in [-0.25, -0.2) is 14.6 Å². The molecule has 0 fully saturated rings. The summed E-state index contributed by atoms with van der Waals surface area (Å²) in [7, 11) is 0. The van der Waals surface area contributed by atoms with Crippen LogP contribution >= 0.6 is 11.3 Å². The Balaban J connectivity index is 1.60. The topological polar surface area (TPSA) is 115 Å². The van der Waals surface area contributed by atoms with Gasteiger partial charge in [-0.2, -0.15) is 16.4 Å². The molecule has 0 saturated heterocycles. The normalized spacial score (nSPS) is 12.0. The minimum Gasteiger partial charge on any atom is -0.383 e. The molecule has 0 radical (unpaired) electrons. The fourth-order valence-corrected chi connectivity index (χ4v) is 4.16. The quantitative estimate of drug-likeness (QED) is 0.385. The number of hydrogen-bond acceptors (Lipinski definition) is 6. The number of aromatic amines is 1. The number of rotatable bonds is 3. The molecular formula is C22H21N7OS. The van der Waals surface area contributed by atoms with Gasteiger partial charge in [-0.05, 0) is 44.4 Å². The Morgan fingerprint density at radius 3 is 2.77 bits per heavy atom. The van der Waals surface area contributed by atoms with Crippen LogP contribution in [0.4, 0.5) is 11.5 Å². The molecule has 9 heteroatoms. The number of nitrogens with two attached hydrogens (primary N) is 1. The summed E-state index contributed by atoms with van der Waals surface area (Å²) in [4.78, 5) is 24.4. The van der Waals surface area contributed by atoms with Crippen molar-refractivity contribution in [1.82, 2.24) is 24.7 Å². The van der Waals surface area contributed by atoms with Crippen molar-refractivity contribution in [2.24, 2.45) is 0 Å². The van der Waals surface area contributed by atoms with Gasteiger partial charge in [0.05, 0.1) is 16.6 Å². The molecule has 4 heterocycles. The van der Waals surface area contributed by atoms with E-state index in [1.54, 1.807) is 0 Å². The van der Waals surface area contributed by atoms with Crippen LogP contribution in [0.15, 0.2) is 47.4 Å². The van der Waals surface area contributed by atoms with E-state index in [1.165, 1.54) is 17.7 Å². The van der Waals surface area contributed by atoms with Crippen LogP contribution in [0.3, 0.4) is 0 Å². The van der Waals surface area contributed by atoms with Crippen LogP contribution in [0.25, 0.3) is 33.2 Å². The number of hydrogen-bond donors (Lipinski definition) is 3. The van der Waals surface area contributed by atoms with Gasteiger partial charge in [-0.3, -0.25) is 4.79 Å². The SMILES string of the molecule is CC(C)(C)n1nc(-c2ccc3cc(C(=O)Nc4ccsc4)[nH]c3c2)c2c(N)ncnc21. The number of nitrogen functional groups attached to an aromatic ring is 1. The molecular weight excluding hydrogens is 410 g/mol. The monoisotopic (exact) mass is 431 g/mol. The fraction of sp³-hybridized carbons (Fsp3) is 0.182. The third-order valence-corrected chi connectivity index (χ3v) is 5.73. The molecule has 0 aliphatic heterocycles. The Kier molecular flexibility index (Phi) is 4.30. The highest BCUT2D eigenvalue weighted by Gasteiger charge is 2.24. The van der Waals surface area contributed by atoms with Crippen molar-refractivity contribution < 1.29 is 4.79 Å². The standard InChI is InChI=1S/C22H21N7OS/c1-22(2,3)29-20-17(19(23)24-11-25-20)18(28-29)13-5-4-12-8-16(27-15(12)9-13)21(30)26-14-6-7-31-10-14/h4-11,27H,1-3H3,(H,26,30)(H2,23,24,25). The lowest BCUT2D eigenvalue weighted by molar-refractivity contribution is 0.102. The summed E-state index contributed by atoms with van der Waals surface area (Å²) in [6, 6.07) is 9.61. The van der Waals surface area contributed by atoms with Crippen molar-refractivity contribution in [3.05, 3.63) is 53.1 Å². The number of nitrogens with one attached hydrogen (secondary N) is 2. The molecule has 1 amide bonds. The summed E-state index contributed by atoms with van der Waals surface area (Å²) in [6.07, 6.45) is 1.46. The van der Waals surface area contributed by atoms with Gasteiger partial charge in [-0.1, -0.05) is 12.1 Å². The van der Waals surface area contributed by atoms with E-state index in [1.807, 2.05) is 45.8 Å². The maximum absolute atomic E-state index is 12.6. The van der Waals surface area contributed by atoms with Gasteiger partial charge in [0.15, 0.2) is 5.65 Å². The zero-order valence-corrected chi connectivity index (χ0v) is 18.1. The van der Waals surface area contributed by atoms with E-state index in [9.17, 15) is 4.79 Å². The number of H-pyrrole nitrogens is 1. The zero-order valence-electron chi connectivity index (χ0n) is 17.3. The third-order valence-electron chi connectivity index (χ3n) is 5.05. The smallest absolute Gasteiger partial charge is 0.272 e. The van der Waals surface area contributed by atoms with Gasteiger partial charge in [0, 0.05) is 21.8 Å². The molecule has 5 rings (SSSR count). The summed E-state index contributed by atoms with van der Waals surface area (Å²) in [5.74, 6) is 0.203. The van der Waals surface area contributed by atoms with Crippen molar-refractivity contribution in [2.45, 2.75) is 26.3 Å². The molecule has 0 bridgehead atoms. The largest absolute Gasteiger partial charge is 0.383 e. The molecule has 4 N–H and O–H groups in total. The molecule has 0 spiro atoms.